The molecule has 1 fully saturated rings. The van der Waals surface area contributed by atoms with Crippen LogP contribution in [0.2, 0.25) is 0 Å². The van der Waals surface area contributed by atoms with E-state index in [0.29, 0.717) is 24.6 Å². The van der Waals surface area contributed by atoms with Crippen LogP contribution in [0, 0.1) is 11.7 Å². The Kier molecular flexibility index (Phi) is 6.95. The van der Waals surface area contributed by atoms with Gasteiger partial charge in [0.25, 0.3) is 5.91 Å². The van der Waals surface area contributed by atoms with Gasteiger partial charge in [-0.05, 0) is 54.5 Å². The molecule has 0 unspecified atom stereocenters. The number of piperidine rings is 1. The second-order valence-corrected chi connectivity index (χ2v) is 7.01. The lowest BCUT2D eigenvalue weighted by Crippen LogP contribution is -2.41. The van der Waals surface area contributed by atoms with Gasteiger partial charge in [0.15, 0.2) is 6.61 Å². The molecule has 0 aliphatic carbocycles. The van der Waals surface area contributed by atoms with E-state index >= 15 is 0 Å². The smallest absolute Gasteiger partial charge is 0.331 e. The van der Waals surface area contributed by atoms with Gasteiger partial charge in [0.2, 0.25) is 0 Å². The number of hydrogen-bond acceptors (Lipinski definition) is 3. The van der Waals surface area contributed by atoms with Crippen LogP contribution in [0.5, 0.6) is 0 Å². The lowest BCUT2D eigenvalue weighted by atomic mass is 9.90. The van der Waals surface area contributed by atoms with E-state index in [2.05, 4.69) is 12.1 Å². The molecule has 4 nitrogen and oxygen atoms in total. The van der Waals surface area contributed by atoms with E-state index in [4.69, 9.17) is 4.74 Å². The molecule has 5 heteroatoms. The summed E-state index contributed by atoms with van der Waals surface area (Å²) in [6.07, 6.45) is 5.60. The van der Waals surface area contributed by atoms with Crippen molar-refractivity contribution in [2.75, 3.05) is 19.7 Å². The van der Waals surface area contributed by atoms with Gasteiger partial charge < -0.3 is 9.64 Å². The van der Waals surface area contributed by atoms with Crippen molar-refractivity contribution >= 4 is 18.0 Å². The third-order valence-electron chi connectivity index (χ3n) is 4.93. The maximum atomic E-state index is 13.1. The molecule has 0 aromatic heterocycles. The third kappa shape index (κ3) is 6.05. The second kappa shape index (κ2) is 9.83. The number of rotatable bonds is 6. The molecule has 0 spiro atoms. The molecule has 0 saturated carbocycles. The molecule has 28 heavy (non-hydrogen) atoms. The number of halogens is 1. The summed E-state index contributed by atoms with van der Waals surface area (Å²) in [6.45, 7) is 1.11. The van der Waals surface area contributed by atoms with Crippen LogP contribution in [0.25, 0.3) is 6.08 Å². The zero-order valence-corrected chi connectivity index (χ0v) is 15.7. The predicted octanol–water partition coefficient (Wildman–Crippen LogP) is 3.86. The van der Waals surface area contributed by atoms with Crippen LogP contribution in [0.15, 0.2) is 60.7 Å². The van der Waals surface area contributed by atoms with Crippen LogP contribution in [0.1, 0.15) is 24.0 Å². The number of likely N-dealkylation sites (tertiary alicyclic amines) is 1. The molecule has 0 radical (unpaired) electrons. The molecule has 1 heterocycles. The Labute approximate surface area is 164 Å². The summed E-state index contributed by atoms with van der Waals surface area (Å²) in [4.78, 5) is 25.8. The van der Waals surface area contributed by atoms with E-state index in [-0.39, 0.29) is 18.3 Å². The molecule has 1 aliphatic rings. The number of carbonyl (C=O) groups excluding carboxylic acids is 2. The van der Waals surface area contributed by atoms with Gasteiger partial charge in [-0.2, -0.15) is 0 Å². The highest BCUT2D eigenvalue weighted by atomic mass is 19.1. The van der Waals surface area contributed by atoms with Gasteiger partial charge in [0.1, 0.15) is 5.82 Å². The highest BCUT2D eigenvalue weighted by Crippen LogP contribution is 2.21. The van der Waals surface area contributed by atoms with E-state index in [1.807, 2.05) is 18.2 Å². The Morgan fingerprint density at radius 3 is 2.54 bits per heavy atom. The number of hydrogen-bond donors (Lipinski definition) is 0. The number of nitrogens with zero attached hydrogens (tertiary/aromatic N) is 1. The van der Waals surface area contributed by atoms with Gasteiger partial charge in [0.05, 0.1) is 0 Å². The van der Waals surface area contributed by atoms with Gasteiger partial charge >= 0.3 is 5.97 Å². The lowest BCUT2D eigenvalue weighted by molar-refractivity contribution is -0.148. The van der Waals surface area contributed by atoms with E-state index in [1.165, 1.54) is 29.8 Å². The second-order valence-electron chi connectivity index (χ2n) is 7.01. The molecule has 1 aliphatic heterocycles. The first-order chi connectivity index (χ1) is 13.6. The monoisotopic (exact) mass is 381 g/mol. The van der Waals surface area contributed by atoms with Crippen molar-refractivity contribution in [1.82, 2.24) is 4.90 Å². The molecular weight excluding hydrogens is 357 g/mol. The summed E-state index contributed by atoms with van der Waals surface area (Å²) in [5.41, 5.74) is 1.88. The minimum absolute atomic E-state index is 0.175. The molecule has 1 amide bonds. The van der Waals surface area contributed by atoms with Crippen molar-refractivity contribution in [2.45, 2.75) is 19.3 Å². The Hall–Kier alpha value is -2.95. The normalized spacial score (nSPS) is 15.0. The van der Waals surface area contributed by atoms with Crippen molar-refractivity contribution in [3.05, 3.63) is 77.6 Å². The van der Waals surface area contributed by atoms with Crippen LogP contribution in [0.3, 0.4) is 0 Å². The standard InChI is InChI=1S/C23H24FNO3/c24-21-8-4-7-19(16-21)9-10-23(27)28-17-22(26)25-13-11-20(12-14-25)15-18-5-2-1-3-6-18/h1-10,16,20H,11-15,17H2/b10-9+. The average molecular weight is 381 g/mol. The fourth-order valence-electron chi connectivity index (χ4n) is 3.38. The molecule has 3 rings (SSSR count). The fourth-order valence-corrected chi connectivity index (χ4v) is 3.38. The molecule has 0 bridgehead atoms. The Bertz CT molecular complexity index is 827. The minimum atomic E-state index is -0.614. The molecule has 2 aromatic rings. The van der Waals surface area contributed by atoms with Crippen molar-refractivity contribution in [3.8, 4) is 0 Å². The van der Waals surface area contributed by atoms with E-state index in [0.717, 1.165) is 19.3 Å². The number of amides is 1. The number of esters is 1. The Balaban J connectivity index is 1.39. The maximum Gasteiger partial charge on any atom is 0.331 e. The largest absolute Gasteiger partial charge is 0.452 e. The summed E-state index contributed by atoms with van der Waals surface area (Å²) in [6, 6.07) is 16.3. The van der Waals surface area contributed by atoms with Crippen LogP contribution < -0.4 is 0 Å². The highest BCUT2D eigenvalue weighted by molar-refractivity contribution is 5.89. The summed E-state index contributed by atoms with van der Waals surface area (Å²) in [7, 11) is 0. The van der Waals surface area contributed by atoms with Gasteiger partial charge in [-0.15, -0.1) is 0 Å². The molecular formula is C23H24FNO3. The SMILES string of the molecule is O=C(/C=C/c1cccc(F)c1)OCC(=O)N1CCC(Cc2ccccc2)CC1. The van der Waals surface area contributed by atoms with Crippen LogP contribution in [-0.4, -0.2) is 36.5 Å². The average Bonchev–Trinajstić information content (AvgIpc) is 2.72. The van der Waals surface area contributed by atoms with Crippen molar-refractivity contribution in [1.29, 1.82) is 0 Å². The number of benzene rings is 2. The van der Waals surface area contributed by atoms with Crippen molar-refractivity contribution in [3.63, 3.8) is 0 Å². The molecule has 0 atom stereocenters. The lowest BCUT2D eigenvalue weighted by Gasteiger charge is -2.32. The first-order valence-electron chi connectivity index (χ1n) is 9.52. The van der Waals surface area contributed by atoms with Gasteiger partial charge in [0, 0.05) is 19.2 Å². The van der Waals surface area contributed by atoms with Crippen LogP contribution in [0.4, 0.5) is 4.39 Å². The molecule has 146 valence electrons. The van der Waals surface area contributed by atoms with Gasteiger partial charge in [-0.3, -0.25) is 4.79 Å². The van der Waals surface area contributed by atoms with E-state index in [9.17, 15) is 14.0 Å². The van der Waals surface area contributed by atoms with Gasteiger partial charge in [-0.25, -0.2) is 9.18 Å². The zero-order chi connectivity index (χ0) is 19.8. The minimum Gasteiger partial charge on any atom is -0.452 e. The van der Waals surface area contributed by atoms with Crippen molar-refractivity contribution in [2.24, 2.45) is 5.92 Å². The Morgan fingerprint density at radius 1 is 1.07 bits per heavy atom. The number of carbonyl (C=O) groups is 2. The molecule has 1 saturated heterocycles. The molecule has 2 aromatic carbocycles. The number of ether oxygens (including phenoxy) is 1. The first kappa shape index (κ1) is 19.8. The quantitative estimate of drug-likeness (QED) is 0.564. The molecule has 0 N–H and O–H groups in total. The van der Waals surface area contributed by atoms with E-state index < -0.39 is 5.97 Å². The fraction of sp³-hybridized carbons (Fsp3) is 0.304. The zero-order valence-electron chi connectivity index (χ0n) is 15.7. The summed E-state index contributed by atoms with van der Waals surface area (Å²) in [5, 5.41) is 0. The van der Waals surface area contributed by atoms with Crippen LogP contribution in [-0.2, 0) is 20.7 Å². The summed E-state index contributed by atoms with van der Waals surface area (Å²) < 4.78 is 18.1. The first-order valence-corrected chi connectivity index (χ1v) is 9.52. The van der Waals surface area contributed by atoms with E-state index in [1.54, 1.807) is 17.0 Å². The summed E-state index contributed by atoms with van der Waals surface area (Å²) >= 11 is 0. The maximum absolute atomic E-state index is 13.1. The van der Waals surface area contributed by atoms with Crippen molar-refractivity contribution < 1.29 is 18.7 Å². The van der Waals surface area contributed by atoms with Gasteiger partial charge in [-0.1, -0.05) is 42.5 Å². The predicted molar refractivity (Wildman–Crippen MR) is 106 cm³/mol. The topological polar surface area (TPSA) is 46.6 Å². The Morgan fingerprint density at radius 2 is 1.82 bits per heavy atom. The third-order valence-corrected chi connectivity index (χ3v) is 4.93. The van der Waals surface area contributed by atoms with Crippen LogP contribution >= 0.6 is 0 Å². The summed E-state index contributed by atoms with van der Waals surface area (Å²) in [5.74, 6) is -0.591. The highest BCUT2D eigenvalue weighted by Gasteiger charge is 2.23.